The number of likely N-dealkylation sites (tertiary alicyclic amines) is 1. The zero-order valence-corrected chi connectivity index (χ0v) is 17.7. The summed E-state index contributed by atoms with van der Waals surface area (Å²) < 4.78 is 1.16. The highest BCUT2D eigenvalue weighted by molar-refractivity contribution is 5.36. The zero-order valence-electron chi connectivity index (χ0n) is 17.7. The lowest BCUT2D eigenvalue weighted by Crippen LogP contribution is -2.53. The number of piperidine rings is 1. The van der Waals surface area contributed by atoms with Crippen LogP contribution in [0.15, 0.2) is 97.2 Å². The smallest absolute Gasteiger partial charge is 0.105 e. The Balaban J connectivity index is 1.80. The number of quaternary nitrogens is 1. The van der Waals surface area contributed by atoms with Crippen LogP contribution in [0, 0.1) is 10.8 Å². The minimum atomic E-state index is -0.0442. The van der Waals surface area contributed by atoms with E-state index in [-0.39, 0.29) is 10.8 Å². The second-order valence-corrected chi connectivity index (χ2v) is 9.17. The van der Waals surface area contributed by atoms with Gasteiger partial charge in [0, 0.05) is 22.0 Å². The topological polar surface area (TPSA) is 0 Å². The fraction of sp³-hybridized carbons (Fsp3) is 0.407. The highest BCUT2D eigenvalue weighted by Crippen LogP contribution is 2.30. The van der Waals surface area contributed by atoms with Crippen LogP contribution in [0.25, 0.3) is 0 Å². The van der Waals surface area contributed by atoms with Gasteiger partial charge in [0.15, 0.2) is 0 Å². The lowest BCUT2D eigenvalue weighted by molar-refractivity contribution is -0.923. The van der Waals surface area contributed by atoms with Crippen molar-refractivity contribution in [1.82, 2.24) is 0 Å². The first-order valence-corrected chi connectivity index (χ1v) is 10.7. The normalized spacial score (nSPS) is 31.5. The third-order valence-corrected chi connectivity index (χ3v) is 6.52. The molecule has 1 fully saturated rings. The van der Waals surface area contributed by atoms with Crippen LogP contribution in [0.1, 0.15) is 33.1 Å². The molecule has 0 saturated carbocycles. The first kappa shape index (κ1) is 20.6. The monoisotopic (exact) mass is 374 g/mol. The van der Waals surface area contributed by atoms with Crippen LogP contribution < -0.4 is 0 Å². The molecule has 0 amide bonds. The lowest BCUT2D eigenvalue weighted by atomic mass is 9.90. The number of rotatable bonds is 6. The molecule has 2 aliphatic carbocycles. The Bertz CT molecular complexity index is 719. The third kappa shape index (κ3) is 5.02. The molecule has 0 N–H and O–H groups in total. The van der Waals surface area contributed by atoms with Gasteiger partial charge in [0.1, 0.15) is 13.1 Å². The van der Waals surface area contributed by atoms with Gasteiger partial charge in [0.2, 0.25) is 0 Å². The summed E-state index contributed by atoms with van der Waals surface area (Å²) in [6, 6.07) is 0. The zero-order chi connectivity index (χ0) is 20.1. The summed E-state index contributed by atoms with van der Waals surface area (Å²) in [7, 11) is 0. The minimum Gasteiger partial charge on any atom is -0.316 e. The van der Waals surface area contributed by atoms with Crippen LogP contribution in [0.4, 0.5) is 0 Å². The highest BCUT2D eigenvalue weighted by Gasteiger charge is 2.31. The van der Waals surface area contributed by atoms with E-state index < -0.39 is 0 Å². The number of nitrogens with zero attached hydrogens (tertiary/aromatic N) is 1. The van der Waals surface area contributed by atoms with E-state index >= 15 is 0 Å². The van der Waals surface area contributed by atoms with Crippen LogP contribution in [-0.2, 0) is 0 Å². The number of allylic oxidation sites excluding steroid dienone is 10. The quantitative estimate of drug-likeness (QED) is 0.369. The molecule has 148 valence electrons. The average molecular weight is 375 g/mol. The molecular formula is C27H36N+. The minimum absolute atomic E-state index is 0.0442. The van der Waals surface area contributed by atoms with E-state index in [0.717, 1.165) is 17.6 Å². The van der Waals surface area contributed by atoms with Crippen molar-refractivity contribution in [3.8, 4) is 0 Å². The maximum Gasteiger partial charge on any atom is 0.105 e. The Morgan fingerprint density at radius 3 is 1.68 bits per heavy atom. The highest BCUT2D eigenvalue weighted by atomic mass is 15.4. The molecule has 1 aliphatic heterocycles. The van der Waals surface area contributed by atoms with E-state index in [1.807, 2.05) is 12.2 Å². The van der Waals surface area contributed by atoms with Crippen LogP contribution >= 0.6 is 0 Å². The van der Waals surface area contributed by atoms with E-state index in [2.05, 4.69) is 87.8 Å². The molecule has 0 aromatic heterocycles. The predicted molar refractivity (Wildman–Crippen MR) is 123 cm³/mol. The van der Waals surface area contributed by atoms with Crippen LogP contribution in [0.3, 0.4) is 0 Å². The molecule has 2 unspecified atom stereocenters. The van der Waals surface area contributed by atoms with Gasteiger partial charge in [-0.05, 0) is 33.1 Å². The van der Waals surface area contributed by atoms with E-state index in [0.29, 0.717) is 0 Å². The molecule has 0 aromatic rings. The molecule has 3 rings (SSSR count). The van der Waals surface area contributed by atoms with Crippen molar-refractivity contribution in [3.05, 3.63) is 97.2 Å². The van der Waals surface area contributed by atoms with E-state index in [1.54, 1.807) is 0 Å². The predicted octanol–water partition coefficient (Wildman–Crippen LogP) is 6.48. The van der Waals surface area contributed by atoms with Gasteiger partial charge in [0.25, 0.3) is 0 Å². The van der Waals surface area contributed by atoms with Gasteiger partial charge in [-0.15, -0.1) is 13.2 Å². The molecule has 28 heavy (non-hydrogen) atoms. The van der Waals surface area contributed by atoms with E-state index in [4.69, 9.17) is 0 Å². The number of hydrogen-bond acceptors (Lipinski definition) is 0. The molecule has 3 aliphatic rings. The molecular weight excluding hydrogens is 338 g/mol. The first-order chi connectivity index (χ1) is 13.4. The second kappa shape index (κ2) is 8.49. The van der Waals surface area contributed by atoms with Gasteiger partial charge in [-0.2, -0.15) is 0 Å². The van der Waals surface area contributed by atoms with Crippen molar-refractivity contribution in [3.63, 3.8) is 0 Å². The summed E-state index contributed by atoms with van der Waals surface area (Å²) in [5.41, 5.74) is 2.76. The van der Waals surface area contributed by atoms with Crippen molar-refractivity contribution in [2.24, 2.45) is 10.8 Å². The molecule has 0 bridgehead atoms. The van der Waals surface area contributed by atoms with Gasteiger partial charge >= 0.3 is 0 Å². The van der Waals surface area contributed by atoms with E-state index in [1.165, 1.54) is 43.5 Å². The summed E-state index contributed by atoms with van der Waals surface area (Å²) >= 11 is 0. The van der Waals surface area contributed by atoms with Crippen LogP contribution in [-0.4, -0.2) is 30.7 Å². The Hall–Kier alpha value is -2.12. The van der Waals surface area contributed by atoms with Crippen molar-refractivity contribution in [1.29, 1.82) is 0 Å². The first-order valence-electron chi connectivity index (χ1n) is 10.7. The molecule has 1 heterocycles. The van der Waals surface area contributed by atoms with Gasteiger partial charge in [-0.25, -0.2) is 0 Å². The third-order valence-electron chi connectivity index (χ3n) is 6.52. The van der Waals surface area contributed by atoms with Gasteiger partial charge < -0.3 is 4.48 Å². The largest absolute Gasteiger partial charge is 0.316 e. The van der Waals surface area contributed by atoms with Crippen molar-refractivity contribution in [2.75, 3.05) is 26.2 Å². The van der Waals surface area contributed by atoms with Gasteiger partial charge in [0.05, 0.1) is 13.1 Å². The standard InChI is InChI=1S/C27H36N/c1-5-26(3)16-10-12-24(14-18-26)22-28(20-8-7-9-21-28)23-25-13-11-17-27(4,6-2)19-15-25/h5-6,10-19H,1-2,7-9,20-23H2,3-4H3/q+1. The lowest BCUT2D eigenvalue weighted by Gasteiger charge is -2.42. The summed E-state index contributed by atoms with van der Waals surface area (Å²) in [5, 5.41) is 0. The molecule has 2 atom stereocenters. The summed E-state index contributed by atoms with van der Waals surface area (Å²) in [5.74, 6) is 0. The summed E-state index contributed by atoms with van der Waals surface area (Å²) in [6.07, 6.45) is 30.8. The molecule has 1 nitrogen and oxygen atoms in total. The van der Waals surface area contributed by atoms with Crippen molar-refractivity contribution < 1.29 is 4.48 Å². The molecule has 1 heteroatoms. The van der Waals surface area contributed by atoms with Gasteiger partial charge in [-0.3, -0.25) is 0 Å². The maximum atomic E-state index is 4.00. The number of hydrogen-bond donors (Lipinski definition) is 0. The Morgan fingerprint density at radius 1 is 0.786 bits per heavy atom. The van der Waals surface area contributed by atoms with Crippen LogP contribution in [0.2, 0.25) is 0 Å². The Labute approximate surface area is 172 Å². The fourth-order valence-electron chi connectivity index (χ4n) is 4.37. The average Bonchev–Trinajstić information content (AvgIpc) is 3.00. The van der Waals surface area contributed by atoms with Gasteiger partial charge in [-0.1, -0.05) is 72.9 Å². The van der Waals surface area contributed by atoms with Crippen LogP contribution in [0.5, 0.6) is 0 Å². The molecule has 0 spiro atoms. The summed E-state index contributed by atoms with van der Waals surface area (Å²) in [4.78, 5) is 0. The van der Waals surface area contributed by atoms with E-state index in [9.17, 15) is 0 Å². The Morgan fingerprint density at radius 2 is 1.25 bits per heavy atom. The fourth-order valence-corrected chi connectivity index (χ4v) is 4.37. The molecule has 0 radical (unpaired) electrons. The van der Waals surface area contributed by atoms with Crippen molar-refractivity contribution in [2.45, 2.75) is 33.1 Å². The maximum absolute atomic E-state index is 4.00. The molecule has 0 aromatic carbocycles. The second-order valence-electron chi connectivity index (χ2n) is 9.17. The Kier molecular flexibility index (Phi) is 6.25. The SMILES string of the molecule is C=CC1(C)C=CC=C(C[N+]2(CC3=CC=CC(C)(C=C)C=C3)CCCCC2)C=C1. The summed E-state index contributed by atoms with van der Waals surface area (Å²) in [6.45, 7) is 17.1. The van der Waals surface area contributed by atoms with Crippen molar-refractivity contribution >= 4 is 0 Å². The molecule has 1 saturated heterocycles.